The number of hydrogen-bond donors (Lipinski definition) is 2. The predicted molar refractivity (Wildman–Crippen MR) is 76.1 cm³/mol. The fourth-order valence-corrected chi connectivity index (χ4v) is 2.37. The number of carbonyl (C=O) groups excluding carboxylic acids is 1. The molecule has 4 heteroatoms. The van der Waals surface area contributed by atoms with Crippen molar-refractivity contribution in [1.82, 2.24) is 5.32 Å². The van der Waals surface area contributed by atoms with Crippen LogP contribution in [-0.4, -0.2) is 5.91 Å². The standard InChI is InChI=1S/C16H15FN2O/c1-10-2-5-14(17)15(6-10)19-16(20)11-3-4-12-8-18-9-13(12)7-11/h2-7,18H,8-9H2,1H3,(H,19,20). The third-order valence-corrected chi connectivity index (χ3v) is 3.47. The summed E-state index contributed by atoms with van der Waals surface area (Å²) in [6.07, 6.45) is 0. The van der Waals surface area contributed by atoms with Crippen LogP contribution in [0, 0.1) is 12.7 Å². The van der Waals surface area contributed by atoms with E-state index in [2.05, 4.69) is 10.6 Å². The van der Waals surface area contributed by atoms with Gasteiger partial charge in [0.05, 0.1) is 5.69 Å². The lowest BCUT2D eigenvalue weighted by atomic mass is 10.1. The Labute approximate surface area is 116 Å². The Morgan fingerprint density at radius 1 is 1.15 bits per heavy atom. The number of anilines is 1. The number of hydrogen-bond acceptors (Lipinski definition) is 2. The smallest absolute Gasteiger partial charge is 0.255 e. The van der Waals surface area contributed by atoms with Crippen LogP contribution in [0.4, 0.5) is 10.1 Å². The van der Waals surface area contributed by atoms with E-state index in [1.54, 1.807) is 18.2 Å². The summed E-state index contributed by atoms with van der Waals surface area (Å²) in [4.78, 5) is 12.2. The first-order valence-electron chi connectivity index (χ1n) is 6.53. The van der Waals surface area contributed by atoms with Crippen LogP contribution in [0.1, 0.15) is 27.0 Å². The van der Waals surface area contributed by atoms with Gasteiger partial charge in [-0.05, 0) is 47.9 Å². The molecule has 102 valence electrons. The van der Waals surface area contributed by atoms with Gasteiger partial charge >= 0.3 is 0 Å². The second kappa shape index (κ2) is 5.06. The highest BCUT2D eigenvalue weighted by Gasteiger charge is 2.14. The highest BCUT2D eigenvalue weighted by molar-refractivity contribution is 6.04. The number of carbonyl (C=O) groups is 1. The van der Waals surface area contributed by atoms with Crippen molar-refractivity contribution in [3.05, 3.63) is 64.5 Å². The number of fused-ring (bicyclic) bond motifs is 1. The van der Waals surface area contributed by atoms with Gasteiger partial charge < -0.3 is 10.6 Å². The number of halogens is 1. The fourth-order valence-electron chi connectivity index (χ4n) is 2.37. The van der Waals surface area contributed by atoms with Gasteiger partial charge in [-0.2, -0.15) is 0 Å². The maximum Gasteiger partial charge on any atom is 0.255 e. The van der Waals surface area contributed by atoms with Crippen LogP contribution in [0.5, 0.6) is 0 Å². The normalized spacial score (nSPS) is 13.1. The van der Waals surface area contributed by atoms with E-state index in [1.165, 1.54) is 11.6 Å². The Bertz CT molecular complexity index is 682. The van der Waals surface area contributed by atoms with Crippen molar-refractivity contribution in [1.29, 1.82) is 0 Å². The van der Waals surface area contributed by atoms with Gasteiger partial charge in [0.15, 0.2) is 0 Å². The van der Waals surface area contributed by atoms with Crippen molar-refractivity contribution in [2.45, 2.75) is 20.0 Å². The van der Waals surface area contributed by atoms with Gasteiger partial charge in [-0.1, -0.05) is 12.1 Å². The van der Waals surface area contributed by atoms with Crippen molar-refractivity contribution in [2.24, 2.45) is 0 Å². The molecule has 1 aliphatic rings. The summed E-state index contributed by atoms with van der Waals surface area (Å²) in [5.74, 6) is -0.712. The molecular weight excluding hydrogens is 255 g/mol. The summed E-state index contributed by atoms with van der Waals surface area (Å²) >= 11 is 0. The van der Waals surface area contributed by atoms with E-state index >= 15 is 0 Å². The summed E-state index contributed by atoms with van der Waals surface area (Å²) in [5, 5.41) is 5.85. The van der Waals surface area contributed by atoms with Gasteiger partial charge in [0.2, 0.25) is 0 Å². The molecule has 0 spiro atoms. The monoisotopic (exact) mass is 270 g/mol. The Morgan fingerprint density at radius 3 is 2.80 bits per heavy atom. The molecule has 0 atom stereocenters. The van der Waals surface area contributed by atoms with E-state index < -0.39 is 5.82 Å². The quantitative estimate of drug-likeness (QED) is 0.880. The second-order valence-electron chi connectivity index (χ2n) is 5.02. The van der Waals surface area contributed by atoms with Crippen LogP contribution < -0.4 is 10.6 Å². The van der Waals surface area contributed by atoms with Crippen LogP contribution in [0.3, 0.4) is 0 Å². The average Bonchev–Trinajstić information content (AvgIpc) is 2.90. The molecule has 3 nitrogen and oxygen atoms in total. The molecule has 0 aliphatic carbocycles. The largest absolute Gasteiger partial charge is 0.319 e. The van der Waals surface area contributed by atoms with Crippen LogP contribution in [0.25, 0.3) is 0 Å². The van der Waals surface area contributed by atoms with Gasteiger partial charge in [-0.15, -0.1) is 0 Å². The van der Waals surface area contributed by atoms with Gasteiger partial charge in [0.25, 0.3) is 5.91 Å². The zero-order valence-corrected chi connectivity index (χ0v) is 11.2. The third-order valence-electron chi connectivity index (χ3n) is 3.47. The zero-order valence-electron chi connectivity index (χ0n) is 11.2. The molecule has 0 radical (unpaired) electrons. The maximum atomic E-state index is 13.6. The van der Waals surface area contributed by atoms with Crippen LogP contribution in [0.2, 0.25) is 0 Å². The molecule has 2 aromatic carbocycles. The van der Waals surface area contributed by atoms with E-state index in [1.807, 2.05) is 19.1 Å². The number of benzene rings is 2. The minimum Gasteiger partial charge on any atom is -0.319 e. The van der Waals surface area contributed by atoms with Crippen LogP contribution >= 0.6 is 0 Å². The van der Waals surface area contributed by atoms with Crippen LogP contribution in [-0.2, 0) is 13.1 Å². The van der Waals surface area contributed by atoms with Crippen molar-refractivity contribution < 1.29 is 9.18 Å². The van der Waals surface area contributed by atoms with Crippen molar-refractivity contribution in [2.75, 3.05) is 5.32 Å². The first kappa shape index (κ1) is 12.8. The minimum atomic E-state index is -0.424. The van der Waals surface area contributed by atoms with Crippen molar-refractivity contribution >= 4 is 11.6 Å². The molecule has 0 saturated carbocycles. The van der Waals surface area contributed by atoms with Gasteiger partial charge in [0.1, 0.15) is 5.82 Å². The topological polar surface area (TPSA) is 41.1 Å². The molecule has 0 unspecified atom stereocenters. The van der Waals surface area contributed by atoms with E-state index in [0.717, 1.165) is 24.2 Å². The van der Waals surface area contributed by atoms with Gasteiger partial charge in [0, 0.05) is 18.7 Å². The number of rotatable bonds is 2. The SMILES string of the molecule is Cc1ccc(F)c(NC(=O)c2ccc3c(c2)CNC3)c1. The number of amides is 1. The summed E-state index contributed by atoms with van der Waals surface area (Å²) in [5.41, 5.74) is 4.01. The Kier molecular flexibility index (Phi) is 3.24. The lowest BCUT2D eigenvalue weighted by Crippen LogP contribution is -2.13. The summed E-state index contributed by atoms with van der Waals surface area (Å²) in [6.45, 7) is 3.47. The number of nitrogens with one attached hydrogen (secondary N) is 2. The second-order valence-corrected chi connectivity index (χ2v) is 5.02. The zero-order chi connectivity index (χ0) is 14.1. The molecule has 2 aromatic rings. The Hall–Kier alpha value is -2.20. The predicted octanol–water partition coefficient (Wildman–Crippen LogP) is 2.99. The first-order chi connectivity index (χ1) is 9.63. The molecular formula is C16H15FN2O. The number of aryl methyl sites for hydroxylation is 1. The maximum absolute atomic E-state index is 13.6. The molecule has 0 fully saturated rings. The summed E-state index contributed by atoms with van der Waals surface area (Å²) in [6, 6.07) is 10.2. The van der Waals surface area contributed by atoms with E-state index in [4.69, 9.17) is 0 Å². The first-order valence-corrected chi connectivity index (χ1v) is 6.53. The molecule has 20 heavy (non-hydrogen) atoms. The summed E-state index contributed by atoms with van der Waals surface area (Å²) < 4.78 is 13.6. The van der Waals surface area contributed by atoms with Gasteiger partial charge in [-0.3, -0.25) is 4.79 Å². The van der Waals surface area contributed by atoms with E-state index in [9.17, 15) is 9.18 Å². The molecule has 0 aromatic heterocycles. The molecule has 2 N–H and O–H groups in total. The van der Waals surface area contributed by atoms with Crippen molar-refractivity contribution in [3.63, 3.8) is 0 Å². The van der Waals surface area contributed by atoms with Gasteiger partial charge in [-0.25, -0.2) is 4.39 Å². The van der Waals surface area contributed by atoms with Crippen LogP contribution in [0.15, 0.2) is 36.4 Å². The minimum absolute atomic E-state index is 0.216. The highest BCUT2D eigenvalue weighted by atomic mass is 19.1. The Balaban J connectivity index is 1.84. The van der Waals surface area contributed by atoms with Crippen molar-refractivity contribution in [3.8, 4) is 0 Å². The van der Waals surface area contributed by atoms with E-state index in [0.29, 0.717) is 5.56 Å². The van der Waals surface area contributed by atoms with E-state index in [-0.39, 0.29) is 11.6 Å². The third kappa shape index (κ3) is 2.42. The molecule has 0 bridgehead atoms. The molecule has 3 rings (SSSR count). The Morgan fingerprint density at radius 2 is 1.95 bits per heavy atom. The molecule has 1 amide bonds. The molecule has 1 heterocycles. The molecule has 0 saturated heterocycles. The highest BCUT2D eigenvalue weighted by Crippen LogP contribution is 2.20. The fraction of sp³-hybridized carbons (Fsp3) is 0.188. The summed E-state index contributed by atoms with van der Waals surface area (Å²) in [7, 11) is 0. The molecule has 1 aliphatic heterocycles. The lowest BCUT2D eigenvalue weighted by Gasteiger charge is -2.08. The average molecular weight is 270 g/mol. The lowest BCUT2D eigenvalue weighted by molar-refractivity contribution is 0.102.